The summed E-state index contributed by atoms with van der Waals surface area (Å²) in [7, 11) is 0. The van der Waals surface area contributed by atoms with Gasteiger partial charge in [-0.15, -0.1) is 11.3 Å². The summed E-state index contributed by atoms with van der Waals surface area (Å²) in [5.41, 5.74) is 11.5. The molecule has 0 N–H and O–H groups in total. The van der Waals surface area contributed by atoms with Crippen LogP contribution in [0.3, 0.4) is 0 Å². The van der Waals surface area contributed by atoms with Crippen LogP contribution < -0.4 is 0 Å². The maximum absolute atomic E-state index is 5.29. The van der Waals surface area contributed by atoms with E-state index in [1.165, 1.54) is 42.1 Å². The normalized spacial score (nSPS) is 11.4. The van der Waals surface area contributed by atoms with E-state index in [1.807, 2.05) is 48.0 Å². The molecule has 3 heterocycles. The van der Waals surface area contributed by atoms with Crippen LogP contribution >= 0.6 is 11.3 Å². The molecule has 248 valence electrons. The first-order valence-corrected chi connectivity index (χ1v) is 18.6. The van der Waals surface area contributed by atoms with E-state index in [1.54, 1.807) is 0 Å². The van der Waals surface area contributed by atoms with Gasteiger partial charge in [0.2, 0.25) is 0 Å². The summed E-state index contributed by atoms with van der Waals surface area (Å²) < 4.78 is 2.60. The Morgan fingerprint density at radius 2 is 1.04 bits per heavy atom. The molecule has 10 rings (SSSR count). The zero-order valence-electron chi connectivity index (χ0n) is 28.6. The number of fused-ring (bicyclic) bond motifs is 4. The van der Waals surface area contributed by atoms with Crippen molar-refractivity contribution in [3.8, 4) is 67.3 Å². The summed E-state index contributed by atoms with van der Waals surface area (Å²) in [6, 6.07) is 62.6. The molecule has 0 spiro atoms. The lowest BCUT2D eigenvalue weighted by Crippen LogP contribution is -1.97. The standard InChI is InChI=1S/C49H31N3S/c1-2-13-33(14-3-1)49-51-45(30-46(52-49)42-19-7-6-18-40(42)35-16-11-25-50-31-35)38-27-36(26-37(28-38)41-21-10-15-32-12-4-5-17-39(32)41)34-23-24-48-44(29-34)43-20-8-9-22-47(43)53-48/h1-31H. The first kappa shape index (κ1) is 31.0. The third-order valence-corrected chi connectivity index (χ3v) is 11.1. The second-order valence-electron chi connectivity index (χ2n) is 13.3. The number of hydrogen-bond donors (Lipinski definition) is 0. The van der Waals surface area contributed by atoms with Crippen LogP contribution in [0.2, 0.25) is 0 Å². The molecule has 10 aromatic rings. The molecule has 53 heavy (non-hydrogen) atoms. The van der Waals surface area contributed by atoms with Crippen molar-refractivity contribution in [1.29, 1.82) is 0 Å². The van der Waals surface area contributed by atoms with Gasteiger partial charge in [-0.05, 0) is 87.1 Å². The lowest BCUT2D eigenvalue weighted by molar-refractivity contribution is 1.18. The van der Waals surface area contributed by atoms with Gasteiger partial charge in [0.25, 0.3) is 0 Å². The summed E-state index contributed by atoms with van der Waals surface area (Å²) in [6.45, 7) is 0. The minimum absolute atomic E-state index is 0.683. The Bertz CT molecular complexity index is 2940. The van der Waals surface area contributed by atoms with Crippen molar-refractivity contribution < 1.29 is 0 Å². The van der Waals surface area contributed by atoms with Crippen molar-refractivity contribution in [1.82, 2.24) is 15.0 Å². The van der Waals surface area contributed by atoms with Gasteiger partial charge in [-0.25, -0.2) is 9.97 Å². The molecule has 0 saturated carbocycles. The average Bonchev–Trinajstić information content (AvgIpc) is 3.62. The van der Waals surface area contributed by atoms with E-state index in [9.17, 15) is 0 Å². The molecule has 7 aromatic carbocycles. The molecular weight excluding hydrogens is 663 g/mol. The molecule has 0 unspecified atom stereocenters. The fraction of sp³-hybridized carbons (Fsp3) is 0. The highest BCUT2D eigenvalue weighted by Gasteiger charge is 2.17. The molecular formula is C49H31N3S. The minimum Gasteiger partial charge on any atom is -0.264 e. The molecule has 0 amide bonds. The van der Waals surface area contributed by atoms with Gasteiger partial charge in [-0.2, -0.15) is 0 Å². The van der Waals surface area contributed by atoms with Crippen molar-refractivity contribution in [3.05, 3.63) is 188 Å². The molecule has 0 radical (unpaired) electrons. The van der Waals surface area contributed by atoms with Crippen LogP contribution in [-0.4, -0.2) is 15.0 Å². The van der Waals surface area contributed by atoms with Gasteiger partial charge in [0.15, 0.2) is 5.82 Å². The minimum atomic E-state index is 0.683. The topological polar surface area (TPSA) is 38.7 Å². The molecule has 0 saturated heterocycles. The van der Waals surface area contributed by atoms with Gasteiger partial charge in [-0.1, -0.05) is 127 Å². The Hall–Kier alpha value is -6.75. The first-order chi connectivity index (χ1) is 26.2. The fourth-order valence-electron chi connectivity index (χ4n) is 7.41. The lowest BCUT2D eigenvalue weighted by atomic mass is 9.91. The van der Waals surface area contributed by atoms with E-state index < -0.39 is 0 Å². The Kier molecular flexibility index (Phi) is 7.67. The number of rotatable bonds is 6. The smallest absolute Gasteiger partial charge is 0.160 e. The van der Waals surface area contributed by atoms with Crippen LogP contribution in [0.5, 0.6) is 0 Å². The van der Waals surface area contributed by atoms with Gasteiger partial charge < -0.3 is 0 Å². The highest BCUT2D eigenvalue weighted by atomic mass is 32.1. The predicted octanol–water partition coefficient (Wildman–Crippen LogP) is 13.4. The third kappa shape index (κ3) is 5.76. The zero-order chi connectivity index (χ0) is 35.1. The Balaban J connectivity index is 1.23. The monoisotopic (exact) mass is 693 g/mol. The van der Waals surface area contributed by atoms with Crippen LogP contribution in [0.25, 0.3) is 98.2 Å². The second-order valence-corrected chi connectivity index (χ2v) is 14.3. The van der Waals surface area contributed by atoms with E-state index in [2.05, 4.69) is 157 Å². The maximum Gasteiger partial charge on any atom is 0.160 e. The molecule has 0 aliphatic carbocycles. The summed E-state index contributed by atoms with van der Waals surface area (Å²) in [4.78, 5) is 14.9. The second kappa shape index (κ2) is 13.1. The van der Waals surface area contributed by atoms with E-state index >= 15 is 0 Å². The zero-order valence-corrected chi connectivity index (χ0v) is 29.5. The molecule has 3 aromatic heterocycles. The highest BCUT2D eigenvalue weighted by molar-refractivity contribution is 7.25. The molecule has 0 aliphatic heterocycles. The van der Waals surface area contributed by atoms with Gasteiger partial charge in [0, 0.05) is 54.8 Å². The predicted molar refractivity (Wildman–Crippen MR) is 223 cm³/mol. The summed E-state index contributed by atoms with van der Waals surface area (Å²) in [6.07, 6.45) is 3.72. The number of hydrogen-bond acceptors (Lipinski definition) is 4. The quantitative estimate of drug-likeness (QED) is 0.174. The van der Waals surface area contributed by atoms with Crippen LogP contribution in [0.15, 0.2) is 188 Å². The van der Waals surface area contributed by atoms with Crippen LogP contribution in [0.1, 0.15) is 0 Å². The van der Waals surface area contributed by atoms with Gasteiger partial charge >= 0.3 is 0 Å². The molecule has 0 bridgehead atoms. The molecule has 0 atom stereocenters. The number of nitrogens with zero attached hydrogens (tertiary/aromatic N) is 3. The maximum atomic E-state index is 5.29. The van der Waals surface area contributed by atoms with Gasteiger partial charge in [-0.3, -0.25) is 4.98 Å². The van der Waals surface area contributed by atoms with Crippen molar-refractivity contribution in [2.45, 2.75) is 0 Å². The highest BCUT2D eigenvalue weighted by Crippen LogP contribution is 2.41. The van der Waals surface area contributed by atoms with E-state index in [-0.39, 0.29) is 0 Å². The van der Waals surface area contributed by atoms with E-state index in [0.29, 0.717) is 5.82 Å². The van der Waals surface area contributed by atoms with Crippen molar-refractivity contribution in [3.63, 3.8) is 0 Å². The van der Waals surface area contributed by atoms with Crippen LogP contribution in [-0.2, 0) is 0 Å². The lowest BCUT2D eigenvalue weighted by Gasteiger charge is -2.15. The first-order valence-electron chi connectivity index (χ1n) is 17.7. The van der Waals surface area contributed by atoms with E-state index in [0.717, 1.165) is 50.3 Å². The Morgan fingerprint density at radius 3 is 1.92 bits per heavy atom. The van der Waals surface area contributed by atoms with E-state index in [4.69, 9.17) is 9.97 Å². The average molecular weight is 694 g/mol. The Morgan fingerprint density at radius 1 is 0.358 bits per heavy atom. The molecule has 4 heteroatoms. The number of pyridine rings is 1. The molecule has 0 fully saturated rings. The summed E-state index contributed by atoms with van der Waals surface area (Å²) in [5.74, 6) is 0.683. The van der Waals surface area contributed by atoms with Gasteiger partial charge in [0.05, 0.1) is 11.4 Å². The van der Waals surface area contributed by atoms with Gasteiger partial charge in [0.1, 0.15) is 0 Å². The van der Waals surface area contributed by atoms with Crippen LogP contribution in [0.4, 0.5) is 0 Å². The molecule has 0 aliphatic rings. The summed E-state index contributed by atoms with van der Waals surface area (Å²) >= 11 is 1.84. The van der Waals surface area contributed by atoms with Crippen molar-refractivity contribution in [2.75, 3.05) is 0 Å². The summed E-state index contributed by atoms with van der Waals surface area (Å²) in [5, 5.41) is 5.00. The number of aromatic nitrogens is 3. The SMILES string of the molecule is c1ccc(-c2nc(-c3cc(-c4ccc5sc6ccccc6c5c4)cc(-c4cccc5ccccc45)c3)cc(-c3ccccc3-c3cccnc3)n2)cc1. The third-order valence-electron chi connectivity index (χ3n) is 9.97. The Labute approximate surface area is 311 Å². The van der Waals surface area contributed by atoms with Crippen molar-refractivity contribution >= 4 is 42.3 Å². The number of thiophene rings is 1. The van der Waals surface area contributed by atoms with Crippen molar-refractivity contribution in [2.24, 2.45) is 0 Å². The van der Waals surface area contributed by atoms with Crippen LogP contribution in [0, 0.1) is 0 Å². The molecule has 3 nitrogen and oxygen atoms in total. The largest absolute Gasteiger partial charge is 0.264 e. The fourth-order valence-corrected chi connectivity index (χ4v) is 8.50. The number of benzene rings is 7.